The predicted octanol–water partition coefficient (Wildman–Crippen LogP) is 3.79. The van der Waals surface area contributed by atoms with Crippen molar-refractivity contribution in [1.29, 1.82) is 5.26 Å². The Morgan fingerprint density at radius 3 is 2.48 bits per heavy atom. The molecule has 0 amide bonds. The normalized spacial score (nSPS) is 11.7. The molecule has 0 aliphatic rings. The molecular weight excluding hydrogens is 316 g/mol. The highest BCUT2D eigenvalue weighted by Crippen LogP contribution is 2.19. The van der Waals surface area contributed by atoms with Gasteiger partial charge in [-0.1, -0.05) is 42.5 Å². The summed E-state index contributed by atoms with van der Waals surface area (Å²) in [6.45, 7) is 0.514. The average Bonchev–Trinajstić information content (AvgIpc) is 3.15. The average molecular weight is 334 g/mol. The van der Waals surface area contributed by atoms with Crippen LogP contribution in [0.25, 0.3) is 0 Å². The third-order valence-corrected chi connectivity index (χ3v) is 3.80. The van der Waals surface area contributed by atoms with Gasteiger partial charge in [-0.05, 0) is 36.1 Å². The summed E-state index contributed by atoms with van der Waals surface area (Å²) in [5.74, 6) is 1.14. The van der Waals surface area contributed by atoms with E-state index in [4.69, 9.17) is 14.4 Å². The molecule has 126 valence electrons. The fourth-order valence-electron chi connectivity index (χ4n) is 2.41. The third-order valence-electron chi connectivity index (χ3n) is 3.80. The zero-order valence-electron chi connectivity index (χ0n) is 13.6. The minimum atomic E-state index is -0.816. The van der Waals surface area contributed by atoms with E-state index < -0.39 is 6.10 Å². The largest absolute Gasteiger partial charge is 0.489 e. The monoisotopic (exact) mass is 334 g/mol. The van der Waals surface area contributed by atoms with Gasteiger partial charge in [0.15, 0.2) is 0 Å². The second-order valence-electron chi connectivity index (χ2n) is 5.65. The van der Waals surface area contributed by atoms with E-state index in [2.05, 4.69) is 4.98 Å². The molecule has 0 saturated heterocycles. The minimum Gasteiger partial charge on any atom is -0.489 e. The number of benzene rings is 2. The SMILES string of the molecule is N#Cc1cnc(C(O)CCc2ccc(COc3ccccc3)cc2)o1. The highest BCUT2D eigenvalue weighted by molar-refractivity contribution is 5.25. The number of nitrogens with zero attached hydrogens (tertiary/aromatic N) is 2. The third kappa shape index (κ3) is 4.69. The number of aliphatic hydroxyl groups is 1. The number of aliphatic hydroxyl groups excluding tert-OH is 1. The van der Waals surface area contributed by atoms with Crippen molar-refractivity contribution in [2.45, 2.75) is 25.6 Å². The van der Waals surface area contributed by atoms with Gasteiger partial charge >= 0.3 is 0 Å². The van der Waals surface area contributed by atoms with E-state index in [9.17, 15) is 5.11 Å². The first kappa shape index (κ1) is 16.7. The molecule has 0 bridgehead atoms. The number of aryl methyl sites for hydroxylation is 1. The van der Waals surface area contributed by atoms with Crippen LogP contribution < -0.4 is 4.74 Å². The summed E-state index contributed by atoms with van der Waals surface area (Å²) in [6.07, 6.45) is 1.67. The molecule has 1 aromatic heterocycles. The van der Waals surface area contributed by atoms with Crippen LogP contribution in [0.5, 0.6) is 5.75 Å². The fourth-order valence-corrected chi connectivity index (χ4v) is 2.41. The van der Waals surface area contributed by atoms with Gasteiger partial charge in [-0.2, -0.15) is 5.26 Å². The molecule has 3 aromatic rings. The lowest BCUT2D eigenvalue weighted by Crippen LogP contribution is -2.00. The molecule has 25 heavy (non-hydrogen) atoms. The first-order valence-electron chi connectivity index (χ1n) is 8.04. The molecule has 1 N–H and O–H groups in total. The first-order chi connectivity index (χ1) is 12.2. The smallest absolute Gasteiger partial charge is 0.224 e. The fraction of sp³-hybridized carbons (Fsp3) is 0.200. The maximum Gasteiger partial charge on any atom is 0.224 e. The number of hydrogen-bond acceptors (Lipinski definition) is 5. The Morgan fingerprint density at radius 2 is 1.80 bits per heavy atom. The second kappa shape index (κ2) is 8.13. The number of nitriles is 1. The molecule has 0 aliphatic heterocycles. The number of hydrogen-bond donors (Lipinski definition) is 1. The summed E-state index contributed by atoms with van der Waals surface area (Å²) in [7, 11) is 0. The molecule has 1 heterocycles. The lowest BCUT2D eigenvalue weighted by Gasteiger charge is -2.08. The van der Waals surface area contributed by atoms with Crippen LogP contribution >= 0.6 is 0 Å². The van der Waals surface area contributed by atoms with Crippen LogP contribution in [0, 0.1) is 11.3 Å². The topological polar surface area (TPSA) is 79.3 Å². The van der Waals surface area contributed by atoms with E-state index in [1.807, 2.05) is 60.7 Å². The van der Waals surface area contributed by atoms with Crippen LogP contribution in [-0.4, -0.2) is 10.1 Å². The Kier molecular flexibility index (Phi) is 5.45. The molecule has 0 fully saturated rings. The molecule has 0 aliphatic carbocycles. The summed E-state index contributed by atoms with van der Waals surface area (Å²) < 4.78 is 10.9. The van der Waals surface area contributed by atoms with Crippen molar-refractivity contribution in [2.24, 2.45) is 0 Å². The van der Waals surface area contributed by atoms with Gasteiger partial charge in [0.2, 0.25) is 11.7 Å². The Labute approximate surface area is 146 Å². The van der Waals surface area contributed by atoms with E-state index in [1.165, 1.54) is 6.20 Å². The molecule has 5 nitrogen and oxygen atoms in total. The summed E-state index contributed by atoms with van der Waals surface area (Å²) in [5.41, 5.74) is 2.19. The van der Waals surface area contributed by atoms with E-state index in [0.29, 0.717) is 19.4 Å². The van der Waals surface area contributed by atoms with E-state index >= 15 is 0 Å². The Morgan fingerprint density at radius 1 is 1.08 bits per heavy atom. The quantitative estimate of drug-likeness (QED) is 0.711. The molecule has 5 heteroatoms. The van der Waals surface area contributed by atoms with Gasteiger partial charge in [-0.25, -0.2) is 4.98 Å². The van der Waals surface area contributed by atoms with Crippen LogP contribution in [0.3, 0.4) is 0 Å². The summed E-state index contributed by atoms with van der Waals surface area (Å²) in [4.78, 5) is 3.91. The number of para-hydroxylation sites is 1. The number of rotatable bonds is 7. The summed E-state index contributed by atoms with van der Waals surface area (Å²) in [5, 5.41) is 18.8. The van der Waals surface area contributed by atoms with Crippen molar-refractivity contribution in [1.82, 2.24) is 4.98 Å². The molecule has 1 unspecified atom stereocenters. The second-order valence-corrected chi connectivity index (χ2v) is 5.65. The Hall–Kier alpha value is -3.10. The van der Waals surface area contributed by atoms with Crippen LogP contribution in [0.4, 0.5) is 0 Å². The van der Waals surface area contributed by atoms with Crippen LogP contribution in [0.2, 0.25) is 0 Å². The van der Waals surface area contributed by atoms with Gasteiger partial charge in [-0.3, -0.25) is 0 Å². The first-order valence-corrected chi connectivity index (χ1v) is 8.04. The molecule has 2 aromatic carbocycles. The van der Waals surface area contributed by atoms with Crippen LogP contribution in [0.15, 0.2) is 65.2 Å². The van der Waals surface area contributed by atoms with Crippen molar-refractivity contribution in [3.05, 3.63) is 83.6 Å². The van der Waals surface area contributed by atoms with E-state index in [-0.39, 0.29) is 11.7 Å². The molecular formula is C20H18N2O3. The minimum absolute atomic E-state index is 0.108. The molecule has 3 rings (SSSR count). The van der Waals surface area contributed by atoms with Crippen molar-refractivity contribution < 1.29 is 14.3 Å². The summed E-state index contributed by atoms with van der Waals surface area (Å²) >= 11 is 0. The van der Waals surface area contributed by atoms with Gasteiger partial charge in [0, 0.05) is 0 Å². The van der Waals surface area contributed by atoms with Crippen molar-refractivity contribution in [3.63, 3.8) is 0 Å². The molecule has 0 saturated carbocycles. The van der Waals surface area contributed by atoms with Crippen molar-refractivity contribution in [2.75, 3.05) is 0 Å². The molecule has 0 radical (unpaired) electrons. The van der Waals surface area contributed by atoms with Gasteiger partial charge in [0.25, 0.3) is 0 Å². The highest BCUT2D eigenvalue weighted by Gasteiger charge is 2.14. The maximum atomic E-state index is 10.1. The van der Waals surface area contributed by atoms with Crippen LogP contribution in [-0.2, 0) is 13.0 Å². The van der Waals surface area contributed by atoms with Crippen molar-refractivity contribution in [3.8, 4) is 11.8 Å². The number of ether oxygens (including phenoxy) is 1. The zero-order chi connectivity index (χ0) is 17.5. The van der Waals surface area contributed by atoms with Gasteiger partial charge in [-0.15, -0.1) is 0 Å². The number of oxazole rings is 1. The maximum absolute atomic E-state index is 10.1. The van der Waals surface area contributed by atoms with Crippen LogP contribution in [0.1, 0.15) is 35.3 Å². The standard InChI is InChI=1S/C20H18N2O3/c21-12-18-13-22-20(25-18)19(23)11-10-15-6-8-16(9-7-15)14-24-17-4-2-1-3-5-17/h1-9,13,19,23H,10-11,14H2. The van der Waals surface area contributed by atoms with E-state index in [0.717, 1.165) is 16.9 Å². The molecule has 0 spiro atoms. The lowest BCUT2D eigenvalue weighted by molar-refractivity contribution is 0.134. The lowest BCUT2D eigenvalue weighted by atomic mass is 10.1. The summed E-state index contributed by atoms with van der Waals surface area (Å²) in [6, 6.07) is 19.6. The van der Waals surface area contributed by atoms with Gasteiger partial charge in [0.05, 0.1) is 6.20 Å². The van der Waals surface area contributed by atoms with Gasteiger partial charge in [0.1, 0.15) is 24.5 Å². The highest BCUT2D eigenvalue weighted by atomic mass is 16.5. The van der Waals surface area contributed by atoms with E-state index in [1.54, 1.807) is 0 Å². The number of aromatic nitrogens is 1. The van der Waals surface area contributed by atoms with Gasteiger partial charge < -0.3 is 14.3 Å². The molecule has 1 atom stereocenters. The van der Waals surface area contributed by atoms with Crippen molar-refractivity contribution >= 4 is 0 Å². The Bertz CT molecular complexity index is 835. The Balaban J connectivity index is 1.49. The zero-order valence-corrected chi connectivity index (χ0v) is 13.6. The predicted molar refractivity (Wildman–Crippen MR) is 91.7 cm³/mol.